The van der Waals surface area contributed by atoms with Gasteiger partial charge in [-0.2, -0.15) is 0 Å². The summed E-state index contributed by atoms with van der Waals surface area (Å²) in [4.78, 5) is 13.5. The Hall–Kier alpha value is -2.17. The molecule has 1 saturated heterocycles. The molecule has 5 heteroatoms. The zero-order chi connectivity index (χ0) is 15.4. The van der Waals surface area contributed by atoms with Crippen molar-refractivity contribution in [2.75, 3.05) is 18.0 Å². The van der Waals surface area contributed by atoms with Crippen molar-refractivity contribution < 1.29 is 4.79 Å². The molecule has 1 aromatic carbocycles. The number of carbonyl (C=O) groups is 1. The first-order valence-electron chi connectivity index (χ1n) is 8.08. The summed E-state index contributed by atoms with van der Waals surface area (Å²) in [7, 11) is 0. The van der Waals surface area contributed by atoms with Crippen molar-refractivity contribution in [3.63, 3.8) is 0 Å². The number of benzene rings is 1. The number of hydrogen-bond donors (Lipinski definition) is 0. The number of piperidine rings is 1. The van der Waals surface area contributed by atoms with Crippen LogP contribution in [0.4, 0.5) is 5.69 Å². The maximum Gasteiger partial charge on any atom is 0.172 e. The van der Waals surface area contributed by atoms with Gasteiger partial charge < -0.3 is 4.90 Å². The maximum absolute atomic E-state index is 11.1. The maximum atomic E-state index is 11.1. The van der Waals surface area contributed by atoms with Crippen molar-refractivity contribution in [3.8, 4) is 5.69 Å². The van der Waals surface area contributed by atoms with Gasteiger partial charge in [-0.1, -0.05) is 18.6 Å². The topological polar surface area (TPSA) is 51.0 Å². The van der Waals surface area contributed by atoms with Crippen LogP contribution in [0.25, 0.3) is 5.69 Å². The Kier molecular flexibility index (Phi) is 4.51. The summed E-state index contributed by atoms with van der Waals surface area (Å²) < 4.78 is 1.78. The third kappa shape index (κ3) is 2.89. The van der Waals surface area contributed by atoms with Crippen LogP contribution in [0.1, 0.15) is 48.8 Å². The van der Waals surface area contributed by atoms with Crippen molar-refractivity contribution in [1.82, 2.24) is 15.0 Å². The fourth-order valence-corrected chi connectivity index (χ4v) is 3.04. The highest BCUT2D eigenvalue weighted by molar-refractivity contribution is 5.73. The van der Waals surface area contributed by atoms with E-state index in [0.29, 0.717) is 5.69 Å². The lowest BCUT2D eigenvalue weighted by Crippen LogP contribution is -2.29. The molecule has 1 fully saturated rings. The molecule has 5 nitrogen and oxygen atoms in total. The monoisotopic (exact) mass is 298 g/mol. The van der Waals surface area contributed by atoms with Crippen molar-refractivity contribution >= 4 is 12.0 Å². The van der Waals surface area contributed by atoms with Crippen LogP contribution in [-0.2, 0) is 6.42 Å². The third-order valence-corrected chi connectivity index (χ3v) is 4.21. The summed E-state index contributed by atoms with van der Waals surface area (Å²) in [5.74, 6) is 0. The van der Waals surface area contributed by atoms with E-state index >= 15 is 0 Å². The number of nitrogens with zero attached hydrogens (tertiary/aromatic N) is 4. The van der Waals surface area contributed by atoms with Crippen molar-refractivity contribution in [1.29, 1.82) is 0 Å². The van der Waals surface area contributed by atoms with Gasteiger partial charge in [-0.25, -0.2) is 4.68 Å². The summed E-state index contributed by atoms with van der Waals surface area (Å²) in [5.41, 5.74) is 3.56. The first-order chi connectivity index (χ1) is 10.8. The van der Waals surface area contributed by atoms with Crippen LogP contribution in [0.15, 0.2) is 24.3 Å². The average Bonchev–Trinajstić information content (AvgIpc) is 2.99. The van der Waals surface area contributed by atoms with Crippen LogP contribution in [-0.4, -0.2) is 34.4 Å². The quantitative estimate of drug-likeness (QED) is 0.796. The molecular weight excluding hydrogens is 276 g/mol. The minimum absolute atomic E-state index is 0.446. The first-order valence-corrected chi connectivity index (χ1v) is 8.08. The van der Waals surface area contributed by atoms with Gasteiger partial charge in [0.05, 0.1) is 11.4 Å². The van der Waals surface area contributed by atoms with E-state index in [1.165, 1.54) is 24.9 Å². The molecule has 0 N–H and O–H groups in total. The van der Waals surface area contributed by atoms with Crippen LogP contribution in [0.3, 0.4) is 0 Å². The van der Waals surface area contributed by atoms with E-state index in [2.05, 4.69) is 46.4 Å². The molecule has 116 valence electrons. The summed E-state index contributed by atoms with van der Waals surface area (Å²) in [6.45, 7) is 4.36. The Labute approximate surface area is 130 Å². The summed E-state index contributed by atoms with van der Waals surface area (Å²) in [6.07, 6.45) is 6.43. The third-order valence-electron chi connectivity index (χ3n) is 4.21. The van der Waals surface area contributed by atoms with Gasteiger partial charge in [0.15, 0.2) is 6.29 Å². The molecule has 0 aliphatic carbocycles. The van der Waals surface area contributed by atoms with Gasteiger partial charge in [-0.05, 0) is 49.9 Å². The molecule has 0 radical (unpaired) electrons. The minimum atomic E-state index is 0.446. The molecule has 0 amide bonds. The molecule has 0 spiro atoms. The minimum Gasteiger partial charge on any atom is -0.372 e. The largest absolute Gasteiger partial charge is 0.372 e. The molecule has 0 bridgehead atoms. The lowest BCUT2D eigenvalue weighted by atomic mass is 10.1. The highest BCUT2D eigenvalue weighted by Gasteiger charge is 2.14. The van der Waals surface area contributed by atoms with Gasteiger partial charge >= 0.3 is 0 Å². The van der Waals surface area contributed by atoms with Crippen molar-refractivity contribution in [2.45, 2.75) is 39.0 Å². The van der Waals surface area contributed by atoms with Crippen molar-refractivity contribution in [2.24, 2.45) is 0 Å². The molecular formula is C17H22N4O. The molecule has 2 heterocycles. The van der Waals surface area contributed by atoms with Crippen LogP contribution < -0.4 is 4.90 Å². The second kappa shape index (κ2) is 6.73. The second-order valence-corrected chi connectivity index (χ2v) is 5.77. The molecule has 0 unspecified atom stereocenters. The molecule has 3 rings (SSSR count). The Morgan fingerprint density at radius 3 is 2.41 bits per heavy atom. The molecule has 2 aromatic rings. The van der Waals surface area contributed by atoms with E-state index in [1.54, 1.807) is 4.68 Å². The van der Waals surface area contributed by atoms with Crippen LogP contribution in [0, 0.1) is 0 Å². The van der Waals surface area contributed by atoms with Crippen LogP contribution in [0.2, 0.25) is 0 Å². The van der Waals surface area contributed by atoms with E-state index in [1.807, 2.05) is 0 Å². The molecule has 1 aromatic heterocycles. The fourth-order valence-electron chi connectivity index (χ4n) is 3.04. The van der Waals surface area contributed by atoms with Gasteiger partial charge in [0.1, 0.15) is 5.69 Å². The van der Waals surface area contributed by atoms with Gasteiger partial charge in [-0.3, -0.25) is 4.79 Å². The van der Waals surface area contributed by atoms with Crippen molar-refractivity contribution in [3.05, 3.63) is 35.7 Å². The van der Waals surface area contributed by atoms with Crippen LogP contribution >= 0.6 is 0 Å². The number of anilines is 1. The molecule has 0 atom stereocenters. The zero-order valence-electron chi connectivity index (χ0n) is 13.0. The van der Waals surface area contributed by atoms with E-state index in [4.69, 9.17) is 0 Å². The van der Waals surface area contributed by atoms with Crippen LogP contribution in [0.5, 0.6) is 0 Å². The van der Waals surface area contributed by atoms with Gasteiger partial charge in [-0.15, -0.1) is 5.10 Å². The number of aromatic nitrogens is 3. The number of rotatable bonds is 5. The molecule has 0 saturated carbocycles. The SMILES string of the molecule is CCCc1c(C=O)nnn1-c1ccc(N2CCCCC2)cc1. The Morgan fingerprint density at radius 1 is 1.09 bits per heavy atom. The first kappa shape index (κ1) is 14.8. The Morgan fingerprint density at radius 2 is 1.77 bits per heavy atom. The van der Waals surface area contributed by atoms with E-state index in [9.17, 15) is 4.79 Å². The predicted molar refractivity (Wildman–Crippen MR) is 86.8 cm³/mol. The molecule has 1 aliphatic heterocycles. The molecule has 1 aliphatic rings. The van der Waals surface area contributed by atoms with Gasteiger partial charge in [0, 0.05) is 18.8 Å². The van der Waals surface area contributed by atoms with Gasteiger partial charge in [0.25, 0.3) is 0 Å². The molecule has 22 heavy (non-hydrogen) atoms. The Bertz CT molecular complexity index is 627. The standard InChI is InChI=1S/C17H22N4O/c1-2-6-17-16(13-22)18-19-21(17)15-9-7-14(8-10-15)20-11-4-3-5-12-20/h7-10,13H,2-6,11-12H2,1H3. The summed E-state index contributed by atoms with van der Waals surface area (Å²) in [5, 5.41) is 8.12. The van der Waals surface area contributed by atoms with E-state index < -0.39 is 0 Å². The lowest BCUT2D eigenvalue weighted by molar-refractivity contribution is 0.111. The normalized spacial score (nSPS) is 15.0. The van der Waals surface area contributed by atoms with Gasteiger partial charge in [0.2, 0.25) is 0 Å². The average molecular weight is 298 g/mol. The Balaban J connectivity index is 1.86. The van der Waals surface area contributed by atoms with E-state index in [-0.39, 0.29) is 0 Å². The smallest absolute Gasteiger partial charge is 0.172 e. The summed E-state index contributed by atoms with van der Waals surface area (Å²) in [6, 6.07) is 8.40. The fraction of sp³-hybridized carbons (Fsp3) is 0.471. The highest BCUT2D eigenvalue weighted by atomic mass is 16.1. The highest BCUT2D eigenvalue weighted by Crippen LogP contribution is 2.22. The number of aldehydes is 1. The lowest BCUT2D eigenvalue weighted by Gasteiger charge is -2.28. The number of carbonyl (C=O) groups excluding carboxylic acids is 1. The predicted octanol–water partition coefficient (Wildman–Crippen LogP) is 3.02. The zero-order valence-corrected chi connectivity index (χ0v) is 13.0. The number of hydrogen-bond acceptors (Lipinski definition) is 4. The summed E-state index contributed by atoms with van der Waals surface area (Å²) >= 11 is 0. The second-order valence-electron chi connectivity index (χ2n) is 5.77. The van der Waals surface area contributed by atoms with E-state index in [0.717, 1.165) is 43.6 Å².